The van der Waals surface area contributed by atoms with Gasteiger partial charge in [0.15, 0.2) is 0 Å². The molecule has 0 amide bonds. The third-order valence-electron chi connectivity index (χ3n) is 3.28. The highest BCUT2D eigenvalue weighted by Gasteiger charge is 2.22. The Labute approximate surface area is 110 Å². The molecule has 4 nitrogen and oxygen atoms in total. The molecule has 0 aliphatic carbocycles. The molecule has 1 N–H and O–H groups in total. The monoisotopic (exact) mass is 251 g/mol. The van der Waals surface area contributed by atoms with Crippen LogP contribution in [0.4, 0.5) is 0 Å². The SMILES string of the molecule is CCNC(C)C(CC)c1ncnc(OCC)c1C. The highest BCUT2D eigenvalue weighted by atomic mass is 16.5. The molecule has 1 heterocycles. The first-order valence-electron chi connectivity index (χ1n) is 6.83. The average molecular weight is 251 g/mol. The van der Waals surface area contributed by atoms with Crippen molar-refractivity contribution in [1.29, 1.82) is 0 Å². The third kappa shape index (κ3) is 3.42. The quantitative estimate of drug-likeness (QED) is 0.809. The Morgan fingerprint density at radius 1 is 1.28 bits per heavy atom. The molecule has 0 aromatic carbocycles. The number of nitrogens with zero attached hydrogens (tertiary/aromatic N) is 2. The van der Waals surface area contributed by atoms with Crippen LogP contribution in [0.15, 0.2) is 6.33 Å². The maximum absolute atomic E-state index is 5.54. The van der Waals surface area contributed by atoms with Crippen molar-refractivity contribution in [3.05, 3.63) is 17.6 Å². The first-order chi connectivity index (χ1) is 8.65. The molecule has 0 spiro atoms. The average Bonchev–Trinajstić information content (AvgIpc) is 2.35. The fourth-order valence-corrected chi connectivity index (χ4v) is 2.35. The molecule has 4 heteroatoms. The van der Waals surface area contributed by atoms with Gasteiger partial charge >= 0.3 is 0 Å². The molecule has 0 saturated heterocycles. The molecule has 0 radical (unpaired) electrons. The van der Waals surface area contributed by atoms with Crippen LogP contribution in [0.3, 0.4) is 0 Å². The van der Waals surface area contributed by atoms with E-state index in [1.54, 1.807) is 6.33 Å². The Hall–Kier alpha value is -1.16. The van der Waals surface area contributed by atoms with Crippen molar-refractivity contribution >= 4 is 0 Å². The number of hydrogen-bond donors (Lipinski definition) is 1. The molecular weight excluding hydrogens is 226 g/mol. The van der Waals surface area contributed by atoms with Gasteiger partial charge in [0, 0.05) is 17.5 Å². The minimum Gasteiger partial charge on any atom is -0.478 e. The summed E-state index contributed by atoms with van der Waals surface area (Å²) in [5.74, 6) is 1.11. The zero-order valence-electron chi connectivity index (χ0n) is 12.2. The van der Waals surface area contributed by atoms with Gasteiger partial charge in [0.2, 0.25) is 5.88 Å². The van der Waals surface area contributed by atoms with Crippen LogP contribution < -0.4 is 10.1 Å². The second-order valence-corrected chi connectivity index (χ2v) is 4.48. The zero-order valence-corrected chi connectivity index (χ0v) is 12.2. The lowest BCUT2D eigenvalue weighted by atomic mass is 9.92. The summed E-state index contributed by atoms with van der Waals surface area (Å²) in [6.45, 7) is 12.2. The van der Waals surface area contributed by atoms with Crippen LogP contribution >= 0.6 is 0 Å². The lowest BCUT2D eigenvalue weighted by Crippen LogP contribution is -2.32. The Balaban J connectivity index is 3.01. The van der Waals surface area contributed by atoms with Crippen molar-refractivity contribution in [1.82, 2.24) is 15.3 Å². The molecular formula is C14H25N3O. The van der Waals surface area contributed by atoms with Crippen LogP contribution in [0.1, 0.15) is 51.3 Å². The van der Waals surface area contributed by atoms with Crippen molar-refractivity contribution in [2.45, 2.75) is 53.0 Å². The van der Waals surface area contributed by atoms with Gasteiger partial charge in [0.05, 0.1) is 12.3 Å². The van der Waals surface area contributed by atoms with Gasteiger partial charge in [-0.1, -0.05) is 13.8 Å². The Bertz CT molecular complexity index is 368. The van der Waals surface area contributed by atoms with Crippen molar-refractivity contribution in [3.63, 3.8) is 0 Å². The molecule has 1 rings (SSSR count). The van der Waals surface area contributed by atoms with Gasteiger partial charge in [0.1, 0.15) is 6.33 Å². The van der Waals surface area contributed by atoms with Crippen LogP contribution in [0.2, 0.25) is 0 Å². The molecule has 1 aromatic heterocycles. The van der Waals surface area contributed by atoms with E-state index >= 15 is 0 Å². The number of nitrogens with one attached hydrogen (secondary N) is 1. The van der Waals surface area contributed by atoms with Gasteiger partial charge < -0.3 is 10.1 Å². The number of rotatable bonds is 7. The Morgan fingerprint density at radius 3 is 2.56 bits per heavy atom. The first-order valence-corrected chi connectivity index (χ1v) is 6.83. The fraction of sp³-hybridized carbons (Fsp3) is 0.714. The Kier molecular flexibility index (Phi) is 6.05. The standard InChI is InChI=1S/C14H25N3O/c1-6-12(11(5)15-7-2)13-10(4)14(18-8-3)17-9-16-13/h9,11-12,15H,6-8H2,1-5H3. The van der Waals surface area contributed by atoms with Gasteiger partial charge in [0.25, 0.3) is 0 Å². The van der Waals surface area contributed by atoms with E-state index < -0.39 is 0 Å². The van der Waals surface area contributed by atoms with Crippen molar-refractivity contribution in [2.24, 2.45) is 0 Å². The van der Waals surface area contributed by atoms with Crippen molar-refractivity contribution in [3.8, 4) is 5.88 Å². The molecule has 0 aliphatic heterocycles. The topological polar surface area (TPSA) is 47.0 Å². The molecule has 1 aromatic rings. The molecule has 2 unspecified atom stereocenters. The van der Waals surface area contributed by atoms with E-state index in [0.717, 1.165) is 24.2 Å². The van der Waals surface area contributed by atoms with Crippen LogP contribution in [0.25, 0.3) is 0 Å². The zero-order chi connectivity index (χ0) is 13.5. The predicted molar refractivity (Wildman–Crippen MR) is 74.1 cm³/mol. The molecule has 2 atom stereocenters. The van der Waals surface area contributed by atoms with Gasteiger partial charge in [-0.25, -0.2) is 9.97 Å². The van der Waals surface area contributed by atoms with E-state index in [9.17, 15) is 0 Å². The number of aromatic nitrogens is 2. The third-order valence-corrected chi connectivity index (χ3v) is 3.28. The van der Waals surface area contributed by atoms with E-state index in [0.29, 0.717) is 24.4 Å². The lowest BCUT2D eigenvalue weighted by Gasteiger charge is -2.24. The van der Waals surface area contributed by atoms with Crippen LogP contribution in [-0.4, -0.2) is 29.2 Å². The van der Waals surface area contributed by atoms with Crippen LogP contribution in [-0.2, 0) is 0 Å². The number of hydrogen-bond acceptors (Lipinski definition) is 4. The van der Waals surface area contributed by atoms with E-state index in [1.165, 1.54) is 0 Å². The highest BCUT2D eigenvalue weighted by molar-refractivity contribution is 5.31. The van der Waals surface area contributed by atoms with Crippen LogP contribution in [0, 0.1) is 6.92 Å². The Morgan fingerprint density at radius 2 is 2.00 bits per heavy atom. The largest absolute Gasteiger partial charge is 0.478 e. The smallest absolute Gasteiger partial charge is 0.219 e. The van der Waals surface area contributed by atoms with E-state index in [-0.39, 0.29) is 0 Å². The molecule has 102 valence electrons. The summed E-state index contributed by atoms with van der Waals surface area (Å²) in [5, 5.41) is 3.47. The second kappa shape index (κ2) is 7.31. The maximum atomic E-state index is 5.54. The minimum absolute atomic E-state index is 0.396. The lowest BCUT2D eigenvalue weighted by molar-refractivity contribution is 0.321. The van der Waals surface area contributed by atoms with Crippen molar-refractivity contribution < 1.29 is 4.74 Å². The van der Waals surface area contributed by atoms with Gasteiger partial charge in [-0.15, -0.1) is 0 Å². The summed E-state index contributed by atoms with van der Waals surface area (Å²) in [4.78, 5) is 8.66. The molecule has 18 heavy (non-hydrogen) atoms. The second-order valence-electron chi connectivity index (χ2n) is 4.48. The predicted octanol–water partition coefficient (Wildman–Crippen LogP) is 2.68. The molecule has 0 saturated carbocycles. The fourth-order valence-electron chi connectivity index (χ4n) is 2.35. The maximum Gasteiger partial charge on any atom is 0.219 e. The van der Waals surface area contributed by atoms with Crippen molar-refractivity contribution in [2.75, 3.05) is 13.2 Å². The molecule has 0 aliphatic rings. The van der Waals surface area contributed by atoms with Crippen LogP contribution in [0.5, 0.6) is 5.88 Å². The summed E-state index contributed by atoms with van der Waals surface area (Å²) >= 11 is 0. The molecule has 0 bridgehead atoms. The van der Waals surface area contributed by atoms with E-state index in [2.05, 4.69) is 36.1 Å². The summed E-state index contributed by atoms with van der Waals surface area (Å²) < 4.78 is 5.54. The first kappa shape index (κ1) is 14.9. The van der Waals surface area contributed by atoms with Gasteiger partial charge in [-0.3, -0.25) is 0 Å². The summed E-state index contributed by atoms with van der Waals surface area (Å²) in [7, 11) is 0. The minimum atomic E-state index is 0.396. The molecule has 0 fully saturated rings. The van der Waals surface area contributed by atoms with Gasteiger partial charge in [-0.2, -0.15) is 0 Å². The normalized spacial score (nSPS) is 14.3. The highest BCUT2D eigenvalue weighted by Crippen LogP contribution is 2.28. The number of ether oxygens (including phenoxy) is 1. The number of likely N-dealkylation sites (N-methyl/N-ethyl adjacent to an activating group) is 1. The van der Waals surface area contributed by atoms with Gasteiger partial charge in [-0.05, 0) is 33.7 Å². The summed E-state index contributed by atoms with van der Waals surface area (Å²) in [5.41, 5.74) is 2.17. The summed E-state index contributed by atoms with van der Waals surface area (Å²) in [6.07, 6.45) is 2.66. The van der Waals surface area contributed by atoms with E-state index in [4.69, 9.17) is 4.74 Å². The van der Waals surface area contributed by atoms with E-state index in [1.807, 2.05) is 13.8 Å². The summed E-state index contributed by atoms with van der Waals surface area (Å²) in [6, 6.07) is 0.406.